The van der Waals surface area contributed by atoms with Gasteiger partial charge in [-0.15, -0.1) is 0 Å². The number of nitrogens with zero attached hydrogens (tertiary/aromatic N) is 1. The second kappa shape index (κ2) is 45.6. The number of carboxylic acid groups (broad SMARTS) is 1. The van der Waals surface area contributed by atoms with Crippen LogP contribution in [-0.4, -0.2) is 75.5 Å². The SMILES string of the molecule is CC/C=C/C/C=C/C/C=C/C/C=C/CCCCCCCCCCCCC(=O)OC(COCCC(C(=O)[O-])[N+](C)(C)C)COC(=O)CCCCCCC/C=C/CCCCCCCCC. The zero-order chi connectivity index (χ0) is 46.3. The normalized spacial score (nSPS) is 13.3. The highest BCUT2D eigenvalue weighted by Crippen LogP contribution is 2.15. The lowest BCUT2D eigenvalue weighted by atomic mass is 10.0. The lowest BCUT2D eigenvalue weighted by Crippen LogP contribution is -2.55. The molecule has 2 atom stereocenters. The highest BCUT2D eigenvalue weighted by molar-refractivity contribution is 5.70. The molecule has 8 nitrogen and oxygen atoms in total. The van der Waals surface area contributed by atoms with E-state index in [0.29, 0.717) is 12.8 Å². The lowest BCUT2D eigenvalue weighted by molar-refractivity contribution is -0.889. The maximum absolute atomic E-state index is 12.8. The summed E-state index contributed by atoms with van der Waals surface area (Å²) in [5, 5.41) is 11.7. The van der Waals surface area contributed by atoms with Gasteiger partial charge in [-0.3, -0.25) is 9.59 Å². The number of ether oxygens (including phenoxy) is 3. The van der Waals surface area contributed by atoms with Gasteiger partial charge in [0.15, 0.2) is 6.10 Å². The van der Waals surface area contributed by atoms with Crippen molar-refractivity contribution in [2.45, 2.75) is 231 Å². The van der Waals surface area contributed by atoms with Crippen LogP contribution in [0.4, 0.5) is 0 Å². The Balaban J connectivity index is 4.25. The maximum Gasteiger partial charge on any atom is 0.306 e. The summed E-state index contributed by atoms with van der Waals surface area (Å²) in [6, 6.07) is -0.730. The van der Waals surface area contributed by atoms with Gasteiger partial charge in [0.25, 0.3) is 0 Å². The van der Waals surface area contributed by atoms with Crippen molar-refractivity contribution in [1.82, 2.24) is 0 Å². The molecule has 0 aromatic heterocycles. The van der Waals surface area contributed by atoms with E-state index in [9.17, 15) is 19.5 Å². The van der Waals surface area contributed by atoms with Gasteiger partial charge in [-0.05, 0) is 77.0 Å². The summed E-state index contributed by atoms with van der Waals surface area (Å²) in [6.07, 6.45) is 56.8. The molecule has 0 N–H and O–H groups in total. The Labute approximate surface area is 388 Å². The van der Waals surface area contributed by atoms with Crippen molar-refractivity contribution in [3.8, 4) is 0 Å². The van der Waals surface area contributed by atoms with Gasteiger partial charge >= 0.3 is 11.9 Å². The first-order valence-corrected chi connectivity index (χ1v) is 25.8. The first kappa shape index (κ1) is 60.0. The van der Waals surface area contributed by atoms with Gasteiger partial charge in [-0.25, -0.2) is 0 Å². The van der Waals surface area contributed by atoms with Crippen molar-refractivity contribution in [1.29, 1.82) is 0 Å². The maximum atomic E-state index is 12.8. The standard InChI is InChI=1S/C55H97NO7/c1-6-8-10-12-14-16-18-20-22-24-25-26-27-28-29-30-32-34-36-38-40-42-44-46-54(58)63-51(49-61-48-47-52(55(59)60)56(3,4)5)50-62-53(57)45-43-41-39-37-35-33-31-23-21-19-17-15-13-11-9-7-2/h8,10,14,16,20,22-23,25-26,31,51-52H,6-7,9,11-13,15,17-19,21,24,27-30,32-50H2,1-5H3/b10-8+,16-14+,22-20+,26-25+,31-23+. The molecule has 8 heteroatoms. The minimum Gasteiger partial charge on any atom is -0.544 e. The fourth-order valence-electron chi connectivity index (χ4n) is 7.41. The van der Waals surface area contributed by atoms with Crippen LogP contribution in [0.3, 0.4) is 0 Å². The molecule has 0 heterocycles. The molecule has 0 aliphatic rings. The molecule has 0 aliphatic carbocycles. The number of unbranched alkanes of at least 4 members (excludes halogenated alkanes) is 22. The van der Waals surface area contributed by atoms with E-state index < -0.39 is 18.1 Å². The van der Waals surface area contributed by atoms with Gasteiger partial charge in [0, 0.05) is 19.3 Å². The summed E-state index contributed by atoms with van der Waals surface area (Å²) in [5.74, 6) is -1.75. The third-order valence-corrected chi connectivity index (χ3v) is 11.4. The summed E-state index contributed by atoms with van der Waals surface area (Å²) in [7, 11) is 5.41. The van der Waals surface area contributed by atoms with Gasteiger partial charge in [-0.2, -0.15) is 0 Å². The van der Waals surface area contributed by atoms with E-state index in [1.54, 1.807) is 21.1 Å². The van der Waals surface area contributed by atoms with Gasteiger partial charge in [-0.1, -0.05) is 184 Å². The zero-order valence-electron chi connectivity index (χ0n) is 41.5. The Kier molecular flexibility index (Phi) is 43.4. The second-order valence-corrected chi connectivity index (χ2v) is 18.4. The van der Waals surface area contributed by atoms with Crippen molar-refractivity contribution in [2.24, 2.45) is 0 Å². The largest absolute Gasteiger partial charge is 0.544 e. The summed E-state index contributed by atoms with van der Waals surface area (Å²) in [6.45, 7) is 4.55. The number of rotatable bonds is 46. The number of carboxylic acids is 1. The number of carbonyl (C=O) groups excluding carboxylic acids is 3. The van der Waals surface area contributed by atoms with Crippen LogP contribution >= 0.6 is 0 Å². The number of allylic oxidation sites excluding steroid dienone is 10. The first-order valence-electron chi connectivity index (χ1n) is 25.8. The molecular formula is C55H97NO7. The number of hydrogen-bond acceptors (Lipinski definition) is 7. The zero-order valence-corrected chi connectivity index (χ0v) is 41.5. The molecule has 63 heavy (non-hydrogen) atoms. The highest BCUT2D eigenvalue weighted by Gasteiger charge is 2.25. The van der Waals surface area contributed by atoms with Crippen molar-refractivity contribution >= 4 is 17.9 Å². The third-order valence-electron chi connectivity index (χ3n) is 11.4. The summed E-state index contributed by atoms with van der Waals surface area (Å²) in [4.78, 5) is 37.0. The van der Waals surface area contributed by atoms with Crippen LogP contribution < -0.4 is 5.11 Å². The van der Waals surface area contributed by atoms with E-state index in [-0.39, 0.29) is 42.7 Å². The predicted molar refractivity (Wildman–Crippen MR) is 263 cm³/mol. The first-order chi connectivity index (χ1) is 30.6. The molecule has 0 amide bonds. The molecule has 0 saturated heterocycles. The van der Waals surface area contributed by atoms with E-state index in [0.717, 1.165) is 77.0 Å². The van der Waals surface area contributed by atoms with E-state index in [1.165, 1.54) is 109 Å². The van der Waals surface area contributed by atoms with Crippen molar-refractivity contribution in [3.05, 3.63) is 60.8 Å². The molecule has 0 aromatic carbocycles. The number of hydrogen-bond donors (Lipinski definition) is 0. The quantitative estimate of drug-likeness (QED) is 0.0260. The van der Waals surface area contributed by atoms with Gasteiger partial charge in [0.1, 0.15) is 12.6 Å². The molecule has 0 fully saturated rings. The van der Waals surface area contributed by atoms with Crippen LogP contribution in [-0.2, 0) is 28.6 Å². The monoisotopic (exact) mass is 884 g/mol. The molecule has 0 aromatic rings. The van der Waals surface area contributed by atoms with Crippen LogP contribution in [0.15, 0.2) is 60.8 Å². The Morgan fingerprint density at radius 2 is 0.889 bits per heavy atom. The average molecular weight is 884 g/mol. The summed E-state index contributed by atoms with van der Waals surface area (Å²) < 4.78 is 17.2. The van der Waals surface area contributed by atoms with Crippen LogP contribution in [0.2, 0.25) is 0 Å². The molecule has 364 valence electrons. The number of quaternary nitrogens is 1. The van der Waals surface area contributed by atoms with Crippen molar-refractivity contribution in [3.63, 3.8) is 0 Å². The summed E-state index contributed by atoms with van der Waals surface area (Å²) in [5.41, 5.74) is 0. The smallest absolute Gasteiger partial charge is 0.306 e. The summed E-state index contributed by atoms with van der Waals surface area (Å²) >= 11 is 0. The lowest BCUT2D eigenvalue weighted by Gasteiger charge is -2.34. The van der Waals surface area contributed by atoms with Gasteiger partial charge in [0.2, 0.25) is 0 Å². The third kappa shape index (κ3) is 44.0. The van der Waals surface area contributed by atoms with Crippen LogP contribution in [0.25, 0.3) is 0 Å². The van der Waals surface area contributed by atoms with E-state index in [2.05, 4.69) is 74.6 Å². The molecule has 0 bridgehead atoms. The highest BCUT2D eigenvalue weighted by atomic mass is 16.6. The van der Waals surface area contributed by atoms with E-state index in [4.69, 9.17) is 14.2 Å². The Morgan fingerprint density at radius 1 is 0.492 bits per heavy atom. The Bertz CT molecular complexity index is 1210. The van der Waals surface area contributed by atoms with Gasteiger partial charge in [0.05, 0.1) is 40.3 Å². The molecule has 0 saturated carbocycles. The molecular weight excluding hydrogens is 787 g/mol. The van der Waals surface area contributed by atoms with Crippen LogP contribution in [0.1, 0.15) is 219 Å². The number of esters is 2. The van der Waals surface area contributed by atoms with Gasteiger partial charge < -0.3 is 28.6 Å². The van der Waals surface area contributed by atoms with Crippen LogP contribution in [0.5, 0.6) is 0 Å². The number of aliphatic carboxylic acids is 1. The molecule has 0 aliphatic heterocycles. The second-order valence-electron chi connectivity index (χ2n) is 18.4. The molecule has 0 spiro atoms. The van der Waals surface area contributed by atoms with Crippen molar-refractivity contribution < 1.29 is 38.2 Å². The number of carbonyl (C=O) groups is 3. The molecule has 2 unspecified atom stereocenters. The minimum absolute atomic E-state index is 0.0356. The molecule has 0 radical (unpaired) electrons. The average Bonchev–Trinajstić information content (AvgIpc) is 3.24. The fraction of sp³-hybridized carbons (Fsp3) is 0.764. The molecule has 0 rings (SSSR count). The van der Waals surface area contributed by atoms with E-state index >= 15 is 0 Å². The van der Waals surface area contributed by atoms with Crippen molar-refractivity contribution in [2.75, 3.05) is 41.0 Å². The number of likely N-dealkylation sites (N-methyl/N-ethyl adjacent to an activating group) is 1. The fourth-order valence-corrected chi connectivity index (χ4v) is 7.41. The topological polar surface area (TPSA) is 102 Å². The van der Waals surface area contributed by atoms with E-state index in [1.807, 2.05) is 0 Å². The predicted octanol–water partition coefficient (Wildman–Crippen LogP) is 13.6. The Morgan fingerprint density at radius 3 is 1.33 bits per heavy atom. The Hall–Kier alpha value is -2.97. The minimum atomic E-state index is -1.13. The van der Waals surface area contributed by atoms with Crippen LogP contribution in [0, 0.1) is 0 Å².